The van der Waals surface area contributed by atoms with Gasteiger partial charge in [0.1, 0.15) is 42.6 Å². The summed E-state index contributed by atoms with van der Waals surface area (Å²) in [4.78, 5) is 12.0. The fourth-order valence-electron chi connectivity index (χ4n) is 3.71. The summed E-state index contributed by atoms with van der Waals surface area (Å²) in [6.45, 7) is 2.11. The molecule has 0 aliphatic carbocycles. The van der Waals surface area contributed by atoms with E-state index in [4.69, 9.17) is 34.3 Å². The Morgan fingerprint density at radius 2 is 1.38 bits per heavy atom. The summed E-state index contributed by atoms with van der Waals surface area (Å²) >= 11 is 0. The van der Waals surface area contributed by atoms with Gasteiger partial charge in [-0.15, -0.1) is 0 Å². The van der Waals surface area contributed by atoms with Crippen LogP contribution >= 0.6 is 0 Å². The molecule has 2 rings (SSSR count). The van der Waals surface area contributed by atoms with Gasteiger partial charge in [0.25, 0.3) is 0 Å². The Labute approximate surface area is 234 Å². The monoisotopic (exact) mass is 585 g/mol. The minimum atomic E-state index is -3.69. The third-order valence-electron chi connectivity index (χ3n) is 5.64. The van der Waals surface area contributed by atoms with Crippen LogP contribution in [0.2, 0.25) is 0 Å². The molecule has 40 heavy (non-hydrogen) atoms. The molecule has 12 nitrogen and oxygen atoms in total. The second-order valence-corrected chi connectivity index (χ2v) is 10.3. The molecule has 0 atom stereocenters. The fourth-order valence-corrected chi connectivity index (χ4v) is 4.80. The van der Waals surface area contributed by atoms with E-state index < -0.39 is 15.8 Å². The van der Waals surface area contributed by atoms with Crippen LogP contribution in [-0.2, 0) is 26.8 Å². The lowest BCUT2D eigenvalue weighted by Crippen LogP contribution is -3.13. The highest BCUT2D eigenvalue weighted by Gasteiger charge is 2.15. The number of aliphatic carboxylic acids is 1. The molecule has 0 spiro atoms. The topological polar surface area (TPSA) is 176 Å². The normalized spacial score (nSPS) is 11.2. The Bertz CT molecular complexity index is 1160. The van der Waals surface area contributed by atoms with Crippen LogP contribution in [0.5, 0.6) is 23.0 Å². The Balaban J connectivity index is 0.000000680. The van der Waals surface area contributed by atoms with Gasteiger partial charge in [-0.25, -0.2) is 8.42 Å². The molecule has 13 heteroatoms. The van der Waals surface area contributed by atoms with E-state index in [-0.39, 0.29) is 32.0 Å². The summed E-state index contributed by atoms with van der Waals surface area (Å²) < 4.78 is 46.2. The molecule has 0 radical (unpaired) electrons. The van der Waals surface area contributed by atoms with Crippen LogP contribution in [0.1, 0.15) is 16.7 Å². The number of benzene rings is 2. The zero-order valence-electron chi connectivity index (χ0n) is 23.2. The fraction of sp³-hybridized carbons (Fsp3) is 0.444. The van der Waals surface area contributed by atoms with Gasteiger partial charge in [-0.05, 0) is 17.7 Å². The van der Waals surface area contributed by atoms with Crippen LogP contribution in [0.15, 0.2) is 35.7 Å². The van der Waals surface area contributed by atoms with Crippen molar-refractivity contribution < 1.29 is 57.5 Å². The van der Waals surface area contributed by atoms with Crippen molar-refractivity contribution in [1.29, 1.82) is 0 Å². The summed E-state index contributed by atoms with van der Waals surface area (Å²) in [5.74, 6) is 0.0171. The van der Waals surface area contributed by atoms with Crippen LogP contribution in [0.25, 0.3) is 6.08 Å². The van der Waals surface area contributed by atoms with Gasteiger partial charge in [-0.2, -0.15) is 0 Å². The molecule has 0 amide bonds. The Morgan fingerprint density at radius 1 is 0.850 bits per heavy atom. The predicted octanol–water partition coefficient (Wildman–Crippen LogP) is -1.55. The molecule has 0 unspecified atom stereocenters. The molecule has 0 saturated carbocycles. The van der Waals surface area contributed by atoms with Crippen molar-refractivity contribution in [3.63, 3.8) is 0 Å². The third-order valence-corrected chi connectivity index (χ3v) is 6.93. The Hall–Kier alpha value is -3.36. The Morgan fingerprint density at radius 3 is 1.80 bits per heavy atom. The van der Waals surface area contributed by atoms with E-state index in [2.05, 4.69) is 0 Å². The summed E-state index contributed by atoms with van der Waals surface area (Å²) in [7, 11) is 2.12. The molecule has 0 saturated heterocycles. The molecule has 4 N–H and O–H groups in total. The van der Waals surface area contributed by atoms with Crippen molar-refractivity contribution in [1.82, 2.24) is 0 Å². The Kier molecular flexibility index (Phi) is 15.7. The number of hydrogen-bond acceptors (Lipinski definition) is 11. The number of carbonyl (C=O) groups excluding carboxylic acids is 1. The lowest BCUT2D eigenvalue weighted by Gasteiger charge is -2.15. The molecule has 0 bridgehead atoms. The molecule has 0 fully saturated rings. The largest absolute Gasteiger partial charge is 0.550 e. The van der Waals surface area contributed by atoms with Crippen LogP contribution in [0.3, 0.4) is 0 Å². The van der Waals surface area contributed by atoms with E-state index in [1.807, 2.05) is 0 Å². The number of carboxylic acids is 1. The number of hydrogen-bond donors (Lipinski definition) is 4. The number of methoxy groups -OCH3 is 4. The number of aliphatic hydroxyl groups excluding tert-OH is 3. The van der Waals surface area contributed by atoms with Crippen LogP contribution < -0.4 is 29.0 Å². The maximum absolute atomic E-state index is 12.6. The smallest absolute Gasteiger partial charge is 0.175 e. The maximum atomic E-state index is 12.6. The summed E-state index contributed by atoms with van der Waals surface area (Å²) in [6.07, 6.45) is 1.01. The lowest BCUT2D eigenvalue weighted by molar-refractivity contribution is -0.901. The van der Waals surface area contributed by atoms with Gasteiger partial charge in [0.2, 0.25) is 0 Å². The number of carboxylic acid groups (broad SMARTS) is 1. The highest BCUT2D eigenvalue weighted by molar-refractivity contribution is 7.93. The maximum Gasteiger partial charge on any atom is 0.175 e. The third kappa shape index (κ3) is 11.8. The number of carbonyl (C=O) groups is 1. The number of ether oxygens (including phenoxy) is 4. The van der Waals surface area contributed by atoms with Crippen molar-refractivity contribution >= 4 is 21.9 Å². The number of sulfone groups is 1. The van der Waals surface area contributed by atoms with Gasteiger partial charge in [0.05, 0.1) is 59.6 Å². The number of aliphatic hydroxyl groups is 3. The molecule has 2 aromatic carbocycles. The lowest BCUT2D eigenvalue weighted by atomic mass is 10.1. The molecule has 0 aromatic heterocycles. The van der Waals surface area contributed by atoms with Crippen LogP contribution in [0, 0.1) is 0 Å². The predicted molar refractivity (Wildman–Crippen MR) is 146 cm³/mol. The highest BCUT2D eigenvalue weighted by Crippen LogP contribution is 2.35. The van der Waals surface area contributed by atoms with E-state index in [1.54, 1.807) is 18.2 Å². The minimum absolute atomic E-state index is 0.106. The number of quaternary nitrogens is 1. The minimum Gasteiger partial charge on any atom is -0.550 e. The molecule has 0 aliphatic rings. The van der Waals surface area contributed by atoms with Gasteiger partial charge in [0, 0.05) is 35.5 Å². The van der Waals surface area contributed by atoms with Crippen LogP contribution in [-0.4, -0.2) is 97.6 Å². The van der Waals surface area contributed by atoms with Gasteiger partial charge < -0.3 is 49.1 Å². The van der Waals surface area contributed by atoms with E-state index in [0.29, 0.717) is 59.3 Å². The van der Waals surface area contributed by atoms with Crippen molar-refractivity contribution in [2.24, 2.45) is 0 Å². The first-order valence-corrected chi connectivity index (χ1v) is 14.0. The van der Waals surface area contributed by atoms with E-state index in [9.17, 15) is 18.3 Å². The van der Waals surface area contributed by atoms with E-state index in [1.165, 1.54) is 46.6 Å². The first kappa shape index (κ1) is 34.7. The van der Waals surface area contributed by atoms with Gasteiger partial charge in [0.15, 0.2) is 9.84 Å². The molecular formula is C27H39NO11S. The van der Waals surface area contributed by atoms with Gasteiger partial charge in [-0.3, -0.25) is 0 Å². The first-order chi connectivity index (χ1) is 19.1. The van der Waals surface area contributed by atoms with Gasteiger partial charge in [-0.1, -0.05) is 12.1 Å². The van der Waals surface area contributed by atoms with Crippen molar-refractivity contribution in [3.8, 4) is 23.0 Å². The zero-order valence-corrected chi connectivity index (χ0v) is 24.0. The van der Waals surface area contributed by atoms with E-state index >= 15 is 0 Å². The average Bonchev–Trinajstić information content (AvgIpc) is 2.92. The number of nitrogens with one attached hydrogen (secondary N) is 1. The van der Waals surface area contributed by atoms with Crippen molar-refractivity contribution in [3.05, 3.63) is 52.4 Å². The standard InChI is InChI=1S/C21H24O8S.C6H15NO3/c1-26-16-11-19(28-3)17(20(12-16)29-4)7-8-30(24,25)13-14-5-6-18(27-2)15(9-14)10-21(22)23;8-4-1-7(2-5-9)3-6-10/h5-9,11-12H,10,13H2,1-4H3,(H,22,23);8-10H,1-6H2/b8-7+;. The molecule has 0 aliphatic heterocycles. The highest BCUT2D eigenvalue weighted by atomic mass is 32.2. The summed E-state index contributed by atoms with van der Waals surface area (Å²) in [6, 6.07) is 7.81. The second-order valence-electron chi connectivity index (χ2n) is 8.42. The van der Waals surface area contributed by atoms with Crippen LogP contribution in [0.4, 0.5) is 0 Å². The summed E-state index contributed by atoms with van der Waals surface area (Å²) in [5, 5.41) is 37.5. The molecular weight excluding hydrogens is 546 g/mol. The summed E-state index contributed by atoms with van der Waals surface area (Å²) in [5.41, 5.74) is 1.20. The van der Waals surface area contributed by atoms with Crippen molar-refractivity contribution in [2.75, 3.05) is 67.9 Å². The zero-order chi connectivity index (χ0) is 30.1. The molecule has 224 valence electrons. The molecule has 2 aromatic rings. The molecule has 0 heterocycles. The quantitative estimate of drug-likeness (QED) is 0.179. The first-order valence-electron chi connectivity index (χ1n) is 12.3. The van der Waals surface area contributed by atoms with Gasteiger partial charge >= 0.3 is 0 Å². The number of rotatable bonds is 16. The SMILES string of the molecule is COc1cc(OC)c(/C=C/S(=O)(=O)Cc2ccc(OC)c(CC(=O)[O-])c2)c(OC)c1.OCC[NH+](CCO)CCO. The average molecular weight is 586 g/mol. The second kappa shape index (κ2) is 18.1. The van der Waals surface area contributed by atoms with Crippen molar-refractivity contribution in [2.45, 2.75) is 12.2 Å². The van der Waals surface area contributed by atoms with E-state index in [0.717, 1.165) is 10.3 Å².